The zero-order chi connectivity index (χ0) is 14.3. The van der Waals surface area contributed by atoms with Crippen LogP contribution in [0.3, 0.4) is 0 Å². The summed E-state index contributed by atoms with van der Waals surface area (Å²) in [5.74, 6) is 0.893. The normalized spacial score (nSPS) is 17.2. The van der Waals surface area contributed by atoms with E-state index in [4.69, 9.17) is 4.52 Å². The standard InChI is InChI=1S/C15H19N3O2/c1-10-6-11-12(7-15(2,3)8-13(11)19)18(10)5-4-14-16-9-17-20-14/h6,9H,4-5,7-8H2,1-3H3. The molecule has 0 fully saturated rings. The summed E-state index contributed by atoms with van der Waals surface area (Å²) >= 11 is 0. The van der Waals surface area contributed by atoms with Gasteiger partial charge >= 0.3 is 0 Å². The molecule has 0 radical (unpaired) electrons. The first-order chi connectivity index (χ1) is 9.46. The third-order valence-electron chi connectivity index (χ3n) is 3.96. The fraction of sp³-hybridized carbons (Fsp3) is 0.533. The molecule has 0 unspecified atom stereocenters. The Labute approximate surface area is 118 Å². The second kappa shape index (κ2) is 4.58. The van der Waals surface area contributed by atoms with Gasteiger partial charge in [0.25, 0.3) is 0 Å². The molecule has 5 heteroatoms. The molecule has 0 amide bonds. The van der Waals surface area contributed by atoms with E-state index in [1.165, 1.54) is 6.33 Å². The van der Waals surface area contributed by atoms with Crippen LogP contribution in [0.4, 0.5) is 0 Å². The van der Waals surface area contributed by atoms with Gasteiger partial charge in [-0.15, -0.1) is 0 Å². The molecule has 0 N–H and O–H groups in total. The van der Waals surface area contributed by atoms with Crippen LogP contribution in [0.5, 0.6) is 0 Å². The fourth-order valence-corrected chi connectivity index (χ4v) is 3.03. The average molecular weight is 273 g/mol. The summed E-state index contributed by atoms with van der Waals surface area (Å²) in [5, 5.41) is 3.62. The van der Waals surface area contributed by atoms with Crippen molar-refractivity contribution in [3.8, 4) is 0 Å². The van der Waals surface area contributed by atoms with E-state index in [1.807, 2.05) is 13.0 Å². The number of hydrogen-bond donors (Lipinski definition) is 0. The number of aromatic nitrogens is 3. The highest BCUT2D eigenvalue weighted by atomic mass is 16.5. The van der Waals surface area contributed by atoms with E-state index in [1.54, 1.807) is 0 Å². The summed E-state index contributed by atoms with van der Waals surface area (Å²) in [5.41, 5.74) is 3.22. The molecule has 2 heterocycles. The van der Waals surface area contributed by atoms with Crippen molar-refractivity contribution >= 4 is 5.78 Å². The van der Waals surface area contributed by atoms with E-state index >= 15 is 0 Å². The van der Waals surface area contributed by atoms with E-state index < -0.39 is 0 Å². The molecule has 0 bridgehead atoms. The quantitative estimate of drug-likeness (QED) is 0.862. The van der Waals surface area contributed by atoms with E-state index in [-0.39, 0.29) is 11.2 Å². The highest BCUT2D eigenvalue weighted by Crippen LogP contribution is 2.36. The van der Waals surface area contributed by atoms with Crippen molar-refractivity contribution < 1.29 is 9.32 Å². The Bertz CT molecular complexity index is 638. The third-order valence-corrected chi connectivity index (χ3v) is 3.96. The van der Waals surface area contributed by atoms with Gasteiger partial charge in [0.05, 0.1) is 0 Å². The zero-order valence-electron chi connectivity index (χ0n) is 12.1. The molecule has 5 nitrogen and oxygen atoms in total. The summed E-state index contributed by atoms with van der Waals surface area (Å²) in [6.45, 7) is 7.12. The molecule has 3 rings (SSSR count). The smallest absolute Gasteiger partial charge is 0.228 e. The summed E-state index contributed by atoms with van der Waals surface area (Å²) in [6, 6.07) is 2.01. The van der Waals surface area contributed by atoms with Gasteiger partial charge in [-0.25, -0.2) is 0 Å². The topological polar surface area (TPSA) is 60.9 Å². The molecule has 2 aromatic rings. The Morgan fingerprint density at radius 2 is 2.20 bits per heavy atom. The van der Waals surface area contributed by atoms with Gasteiger partial charge in [-0.2, -0.15) is 4.98 Å². The molecule has 2 aromatic heterocycles. The highest BCUT2D eigenvalue weighted by Gasteiger charge is 2.33. The Morgan fingerprint density at radius 1 is 1.40 bits per heavy atom. The van der Waals surface area contributed by atoms with Gasteiger partial charge in [-0.05, 0) is 24.8 Å². The average Bonchev–Trinajstić information content (AvgIpc) is 2.94. The lowest BCUT2D eigenvalue weighted by molar-refractivity contribution is 0.0910. The van der Waals surface area contributed by atoms with Crippen molar-refractivity contribution in [3.63, 3.8) is 0 Å². The van der Waals surface area contributed by atoms with Crippen molar-refractivity contribution in [1.29, 1.82) is 0 Å². The summed E-state index contributed by atoms with van der Waals surface area (Å²) < 4.78 is 7.26. The molecule has 0 spiro atoms. The number of carbonyl (C=O) groups excluding carboxylic acids is 1. The van der Waals surface area contributed by atoms with Gasteiger partial charge in [-0.1, -0.05) is 19.0 Å². The largest absolute Gasteiger partial charge is 0.348 e. The van der Waals surface area contributed by atoms with E-state index in [2.05, 4.69) is 28.6 Å². The zero-order valence-corrected chi connectivity index (χ0v) is 12.1. The summed E-state index contributed by atoms with van der Waals surface area (Å²) in [6.07, 6.45) is 3.68. The number of fused-ring (bicyclic) bond motifs is 1. The number of hydrogen-bond acceptors (Lipinski definition) is 4. The predicted octanol–water partition coefficient (Wildman–Crippen LogP) is 2.58. The monoisotopic (exact) mass is 273 g/mol. The molecule has 1 aliphatic carbocycles. The second-order valence-corrected chi connectivity index (χ2v) is 6.32. The third kappa shape index (κ3) is 2.28. The van der Waals surface area contributed by atoms with Crippen LogP contribution in [0.2, 0.25) is 0 Å². The van der Waals surface area contributed by atoms with Gasteiger partial charge in [0.1, 0.15) is 0 Å². The van der Waals surface area contributed by atoms with Crippen LogP contribution in [-0.4, -0.2) is 20.5 Å². The molecule has 0 atom stereocenters. The maximum atomic E-state index is 12.2. The molecule has 0 saturated carbocycles. The van der Waals surface area contributed by atoms with Crippen molar-refractivity contribution in [1.82, 2.24) is 14.7 Å². The van der Waals surface area contributed by atoms with Crippen LogP contribution in [0.1, 0.15) is 47.9 Å². The molecular weight excluding hydrogens is 254 g/mol. The van der Waals surface area contributed by atoms with Crippen molar-refractivity contribution in [2.45, 2.75) is 46.6 Å². The first kappa shape index (κ1) is 13.1. The molecule has 0 aromatic carbocycles. The minimum atomic E-state index is 0.0388. The van der Waals surface area contributed by atoms with Crippen LogP contribution < -0.4 is 0 Å². The molecule has 0 aliphatic heterocycles. The maximum Gasteiger partial charge on any atom is 0.228 e. The molecule has 20 heavy (non-hydrogen) atoms. The van der Waals surface area contributed by atoms with Gasteiger partial charge in [0.15, 0.2) is 12.1 Å². The molecule has 1 aliphatic rings. The lowest BCUT2D eigenvalue weighted by Crippen LogP contribution is -2.28. The number of rotatable bonds is 3. The van der Waals surface area contributed by atoms with E-state index in [9.17, 15) is 4.79 Å². The number of carbonyl (C=O) groups is 1. The first-order valence-electron chi connectivity index (χ1n) is 6.94. The highest BCUT2D eigenvalue weighted by molar-refractivity contribution is 5.99. The maximum absolute atomic E-state index is 12.2. The molecular formula is C15H19N3O2. The van der Waals surface area contributed by atoms with Gasteiger partial charge in [0, 0.05) is 36.3 Å². The van der Waals surface area contributed by atoms with Crippen LogP contribution in [0.25, 0.3) is 0 Å². The van der Waals surface area contributed by atoms with Crippen LogP contribution >= 0.6 is 0 Å². The second-order valence-electron chi connectivity index (χ2n) is 6.32. The Hall–Kier alpha value is -1.91. The molecule has 0 saturated heterocycles. The van der Waals surface area contributed by atoms with Crippen molar-refractivity contribution in [2.24, 2.45) is 5.41 Å². The first-order valence-corrected chi connectivity index (χ1v) is 6.94. The summed E-state index contributed by atoms with van der Waals surface area (Å²) in [4.78, 5) is 16.3. The molecule has 106 valence electrons. The van der Waals surface area contributed by atoms with Gasteiger partial charge < -0.3 is 9.09 Å². The van der Waals surface area contributed by atoms with Crippen LogP contribution in [0.15, 0.2) is 16.9 Å². The van der Waals surface area contributed by atoms with Crippen LogP contribution in [0, 0.1) is 12.3 Å². The van der Waals surface area contributed by atoms with E-state index in [0.29, 0.717) is 18.7 Å². The fourth-order valence-electron chi connectivity index (χ4n) is 3.03. The number of nitrogens with zero attached hydrogens (tertiary/aromatic N) is 3. The Morgan fingerprint density at radius 3 is 2.90 bits per heavy atom. The number of ketones is 1. The number of aryl methyl sites for hydroxylation is 2. The van der Waals surface area contributed by atoms with Gasteiger partial charge in [0.2, 0.25) is 5.89 Å². The van der Waals surface area contributed by atoms with E-state index in [0.717, 1.165) is 29.9 Å². The number of Topliss-reactive ketones (excluding diaryl/α,β-unsaturated/α-hetero) is 1. The lowest BCUT2D eigenvalue weighted by atomic mass is 9.76. The van der Waals surface area contributed by atoms with Crippen molar-refractivity contribution in [3.05, 3.63) is 35.2 Å². The Balaban J connectivity index is 1.90. The minimum absolute atomic E-state index is 0.0388. The van der Waals surface area contributed by atoms with Crippen molar-refractivity contribution in [2.75, 3.05) is 0 Å². The minimum Gasteiger partial charge on any atom is -0.348 e. The SMILES string of the molecule is Cc1cc2c(n1CCc1ncno1)CC(C)(C)CC2=O. The lowest BCUT2D eigenvalue weighted by Gasteiger charge is -2.29. The predicted molar refractivity (Wildman–Crippen MR) is 73.6 cm³/mol. The van der Waals surface area contributed by atoms with Crippen LogP contribution in [-0.2, 0) is 19.4 Å². The Kier molecular flexibility index (Phi) is 3.00. The summed E-state index contributed by atoms with van der Waals surface area (Å²) in [7, 11) is 0. The van der Waals surface area contributed by atoms with Gasteiger partial charge in [-0.3, -0.25) is 4.79 Å².